The van der Waals surface area contributed by atoms with Crippen molar-refractivity contribution in [2.75, 3.05) is 13.1 Å². The Balaban J connectivity index is 1.28. The number of nitrogens with zero attached hydrogens (tertiary/aromatic N) is 6. The first kappa shape index (κ1) is 19.2. The van der Waals surface area contributed by atoms with Crippen molar-refractivity contribution in [3.05, 3.63) is 77.8 Å². The van der Waals surface area contributed by atoms with Crippen molar-refractivity contribution in [2.45, 2.75) is 26.2 Å². The highest BCUT2D eigenvalue weighted by atomic mass is 16.5. The highest BCUT2D eigenvalue weighted by molar-refractivity contribution is 5.94. The molecule has 0 bridgehead atoms. The van der Waals surface area contributed by atoms with Crippen molar-refractivity contribution in [1.82, 2.24) is 29.6 Å². The lowest BCUT2D eigenvalue weighted by Gasteiger charge is -2.16. The number of benzene rings is 1. The molecule has 4 aromatic rings. The van der Waals surface area contributed by atoms with Gasteiger partial charge in [0, 0.05) is 54.0 Å². The molecule has 1 unspecified atom stereocenters. The van der Waals surface area contributed by atoms with Crippen LogP contribution in [0.25, 0.3) is 17.3 Å². The monoisotopic (exact) mass is 414 g/mol. The minimum absolute atomic E-state index is 0.0210. The standard InChI is InChI=1S/C23H22N6O2/c1-15-3-4-16(2)29(15)19-7-5-17(6-8-19)23(30)28-12-9-18(14-28)21-26-22(31-27-21)20-13-24-10-11-25-20/h3-8,10-11,13,18H,9,12,14H2,1-2H3. The van der Waals surface area contributed by atoms with Gasteiger partial charge in [0.1, 0.15) is 5.69 Å². The highest BCUT2D eigenvalue weighted by Crippen LogP contribution is 2.28. The van der Waals surface area contributed by atoms with Crippen LogP contribution in [0, 0.1) is 13.8 Å². The molecule has 0 N–H and O–H groups in total. The summed E-state index contributed by atoms with van der Waals surface area (Å²) in [6.07, 6.45) is 5.56. The van der Waals surface area contributed by atoms with E-state index in [1.54, 1.807) is 18.6 Å². The predicted molar refractivity (Wildman–Crippen MR) is 114 cm³/mol. The van der Waals surface area contributed by atoms with Gasteiger partial charge < -0.3 is 14.0 Å². The van der Waals surface area contributed by atoms with Gasteiger partial charge >= 0.3 is 0 Å². The van der Waals surface area contributed by atoms with Crippen LogP contribution in [0.1, 0.15) is 39.9 Å². The fraction of sp³-hybridized carbons (Fsp3) is 0.261. The molecule has 0 aliphatic carbocycles. The van der Waals surface area contributed by atoms with Crippen LogP contribution in [-0.4, -0.2) is 48.6 Å². The Morgan fingerprint density at radius 1 is 1.06 bits per heavy atom. The molecular formula is C23H22N6O2. The zero-order valence-corrected chi connectivity index (χ0v) is 17.4. The number of carbonyl (C=O) groups is 1. The van der Waals surface area contributed by atoms with Crippen LogP contribution in [0.15, 0.2) is 59.5 Å². The zero-order valence-electron chi connectivity index (χ0n) is 17.4. The lowest BCUT2D eigenvalue weighted by Crippen LogP contribution is -2.28. The Morgan fingerprint density at radius 2 is 1.84 bits per heavy atom. The summed E-state index contributed by atoms with van der Waals surface area (Å²) in [7, 11) is 0. The molecule has 5 rings (SSSR count). The minimum atomic E-state index is 0.0210. The summed E-state index contributed by atoms with van der Waals surface area (Å²) < 4.78 is 7.51. The van der Waals surface area contributed by atoms with E-state index in [1.165, 1.54) is 11.4 Å². The lowest BCUT2D eigenvalue weighted by molar-refractivity contribution is 0.0790. The van der Waals surface area contributed by atoms with E-state index >= 15 is 0 Å². The van der Waals surface area contributed by atoms with Crippen LogP contribution in [-0.2, 0) is 0 Å². The van der Waals surface area contributed by atoms with Gasteiger partial charge in [-0.15, -0.1) is 0 Å². The average Bonchev–Trinajstić information content (AvgIpc) is 3.54. The Labute approximate surface area is 179 Å². The summed E-state index contributed by atoms with van der Waals surface area (Å²) >= 11 is 0. The van der Waals surface area contributed by atoms with E-state index in [9.17, 15) is 4.79 Å². The second-order valence-electron chi connectivity index (χ2n) is 7.78. The maximum Gasteiger partial charge on any atom is 0.278 e. The second-order valence-corrected chi connectivity index (χ2v) is 7.78. The maximum absolute atomic E-state index is 13.0. The first-order valence-corrected chi connectivity index (χ1v) is 10.2. The Kier molecular flexibility index (Phi) is 4.82. The second kappa shape index (κ2) is 7.79. The first-order chi connectivity index (χ1) is 15.1. The molecule has 31 heavy (non-hydrogen) atoms. The van der Waals surface area contributed by atoms with Crippen molar-refractivity contribution in [1.29, 1.82) is 0 Å². The van der Waals surface area contributed by atoms with Gasteiger partial charge in [0.25, 0.3) is 11.8 Å². The first-order valence-electron chi connectivity index (χ1n) is 10.2. The number of hydrogen-bond donors (Lipinski definition) is 0. The van der Waals surface area contributed by atoms with Crippen LogP contribution in [0.3, 0.4) is 0 Å². The molecule has 0 spiro atoms. The maximum atomic E-state index is 13.0. The summed E-state index contributed by atoms with van der Waals surface area (Å²) in [6.45, 7) is 5.38. The highest BCUT2D eigenvalue weighted by Gasteiger charge is 2.31. The van der Waals surface area contributed by atoms with Crippen molar-refractivity contribution in [2.24, 2.45) is 0 Å². The number of rotatable bonds is 4. The molecule has 1 aromatic carbocycles. The number of carbonyl (C=O) groups excluding carboxylic acids is 1. The third kappa shape index (κ3) is 3.61. The number of aryl methyl sites for hydroxylation is 2. The van der Waals surface area contributed by atoms with E-state index in [-0.39, 0.29) is 11.8 Å². The summed E-state index contributed by atoms with van der Waals surface area (Å²) in [5.74, 6) is 1.01. The molecule has 1 aliphatic rings. The van der Waals surface area contributed by atoms with Crippen molar-refractivity contribution >= 4 is 5.91 Å². The van der Waals surface area contributed by atoms with Crippen LogP contribution >= 0.6 is 0 Å². The summed E-state index contributed by atoms with van der Waals surface area (Å²) in [5, 5.41) is 4.10. The van der Waals surface area contributed by atoms with Crippen molar-refractivity contribution in [3.63, 3.8) is 0 Å². The normalized spacial score (nSPS) is 16.1. The summed E-state index contributed by atoms with van der Waals surface area (Å²) in [5.41, 5.74) is 4.61. The fourth-order valence-corrected chi connectivity index (χ4v) is 4.08. The molecule has 8 nitrogen and oxygen atoms in total. The Bertz CT molecular complexity index is 1190. The number of likely N-dealkylation sites (tertiary alicyclic amines) is 1. The topological polar surface area (TPSA) is 89.9 Å². The van der Waals surface area contributed by atoms with Gasteiger partial charge in [0.05, 0.1) is 6.20 Å². The molecule has 0 radical (unpaired) electrons. The molecule has 156 valence electrons. The van der Waals surface area contributed by atoms with Crippen LogP contribution in [0.5, 0.6) is 0 Å². The van der Waals surface area contributed by atoms with Gasteiger partial charge in [-0.3, -0.25) is 9.78 Å². The van der Waals surface area contributed by atoms with Crippen LogP contribution in [0.4, 0.5) is 0 Å². The number of hydrogen-bond acceptors (Lipinski definition) is 6. The van der Waals surface area contributed by atoms with E-state index in [2.05, 4.69) is 50.7 Å². The molecule has 1 amide bonds. The molecule has 4 heterocycles. The van der Waals surface area contributed by atoms with E-state index in [1.807, 2.05) is 29.2 Å². The van der Waals surface area contributed by atoms with Gasteiger partial charge in [-0.25, -0.2) is 4.98 Å². The Morgan fingerprint density at radius 3 is 2.55 bits per heavy atom. The van der Waals surface area contributed by atoms with Gasteiger partial charge in [0.2, 0.25) is 0 Å². The van der Waals surface area contributed by atoms with Crippen LogP contribution in [0.2, 0.25) is 0 Å². The van der Waals surface area contributed by atoms with Gasteiger partial charge in [-0.2, -0.15) is 4.98 Å². The van der Waals surface area contributed by atoms with Gasteiger partial charge in [0.15, 0.2) is 5.82 Å². The van der Waals surface area contributed by atoms with Crippen molar-refractivity contribution in [3.8, 4) is 17.3 Å². The average molecular weight is 414 g/mol. The minimum Gasteiger partial charge on any atom is -0.338 e. The summed E-state index contributed by atoms with van der Waals surface area (Å²) in [6, 6.07) is 12.0. The largest absolute Gasteiger partial charge is 0.338 e. The Hall–Kier alpha value is -3.81. The molecule has 1 aliphatic heterocycles. The van der Waals surface area contributed by atoms with E-state index in [4.69, 9.17) is 4.52 Å². The molecular weight excluding hydrogens is 392 g/mol. The van der Waals surface area contributed by atoms with E-state index in [0.717, 1.165) is 12.1 Å². The molecule has 1 fully saturated rings. The number of aromatic nitrogens is 5. The van der Waals surface area contributed by atoms with E-state index < -0.39 is 0 Å². The molecule has 1 saturated heterocycles. The SMILES string of the molecule is Cc1ccc(C)n1-c1ccc(C(=O)N2CCC(c3noc(-c4cnccn4)n3)C2)cc1. The molecule has 8 heteroatoms. The lowest BCUT2D eigenvalue weighted by atomic mass is 10.1. The van der Waals surface area contributed by atoms with Gasteiger partial charge in [-0.1, -0.05) is 5.16 Å². The quantitative estimate of drug-likeness (QED) is 0.507. The third-order valence-electron chi connectivity index (χ3n) is 5.71. The fourth-order valence-electron chi connectivity index (χ4n) is 4.08. The van der Waals surface area contributed by atoms with Crippen LogP contribution < -0.4 is 0 Å². The number of amides is 1. The molecule has 3 aromatic heterocycles. The molecule has 0 saturated carbocycles. The zero-order chi connectivity index (χ0) is 21.4. The summed E-state index contributed by atoms with van der Waals surface area (Å²) in [4.78, 5) is 27.5. The third-order valence-corrected chi connectivity index (χ3v) is 5.71. The predicted octanol–water partition coefficient (Wildman–Crippen LogP) is 3.56. The van der Waals surface area contributed by atoms with Crippen molar-refractivity contribution < 1.29 is 9.32 Å². The van der Waals surface area contributed by atoms with Gasteiger partial charge in [-0.05, 0) is 56.7 Å². The van der Waals surface area contributed by atoms with E-state index in [0.29, 0.717) is 36.1 Å². The smallest absolute Gasteiger partial charge is 0.278 e. The molecule has 1 atom stereocenters.